The van der Waals surface area contributed by atoms with Crippen LogP contribution in [0.25, 0.3) is 0 Å². The van der Waals surface area contributed by atoms with E-state index in [1.54, 1.807) is 0 Å². The van der Waals surface area contributed by atoms with E-state index in [9.17, 15) is 0 Å². The Hall–Kier alpha value is -0.790. The smallest absolute Gasteiger partial charge is 0.0524 e. The fourth-order valence-electron chi connectivity index (χ4n) is 2.39. The summed E-state index contributed by atoms with van der Waals surface area (Å²) in [6.45, 7) is 6.87. The van der Waals surface area contributed by atoms with Gasteiger partial charge in [-0.15, -0.1) is 0 Å². The van der Waals surface area contributed by atoms with Crippen molar-refractivity contribution in [2.45, 2.75) is 52.5 Å². The van der Waals surface area contributed by atoms with Crippen molar-refractivity contribution in [1.82, 2.24) is 9.78 Å². The van der Waals surface area contributed by atoms with Crippen molar-refractivity contribution in [1.29, 1.82) is 0 Å². The molecule has 0 bridgehead atoms. The van der Waals surface area contributed by atoms with Gasteiger partial charge in [0.05, 0.1) is 12.2 Å². The van der Waals surface area contributed by atoms with Gasteiger partial charge in [0.1, 0.15) is 0 Å². The molecule has 0 aliphatic heterocycles. The second-order valence-corrected chi connectivity index (χ2v) is 5.21. The van der Waals surface area contributed by atoms with Crippen molar-refractivity contribution in [2.24, 2.45) is 11.8 Å². The molecule has 2 nitrogen and oxygen atoms in total. The van der Waals surface area contributed by atoms with Gasteiger partial charge >= 0.3 is 0 Å². The number of hydrogen-bond acceptors (Lipinski definition) is 1. The number of aryl methyl sites for hydroxylation is 1. The first-order valence-corrected chi connectivity index (χ1v) is 6.23. The predicted molar refractivity (Wildman–Crippen MR) is 62.8 cm³/mol. The van der Waals surface area contributed by atoms with E-state index in [1.165, 1.54) is 31.2 Å². The quantitative estimate of drug-likeness (QED) is 0.738. The second-order valence-electron chi connectivity index (χ2n) is 5.21. The minimum absolute atomic E-state index is 0.683. The number of aromatic nitrogens is 2. The Morgan fingerprint density at radius 3 is 2.80 bits per heavy atom. The highest BCUT2D eigenvalue weighted by molar-refractivity contribution is 5.05. The Labute approximate surface area is 92.7 Å². The van der Waals surface area contributed by atoms with Crippen molar-refractivity contribution < 1.29 is 0 Å². The minimum Gasteiger partial charge on any atom is -0.269 e. The topological polar surface area (TPSA) is 17.8 Å². The van der Waals surface area contributed by atoms with Crippen LogP contribution in [0.1, 0.15) is 51.6 Å². The summed E-state index contributed by atoms with van der Waals surface area (Å²) in [6.07, 6.45) is 9.30. The molecule has 0 aromatic carbocycles. The summed E-state index contributed by atoms with van der Waals surface area (Å²) in [5, 5.41) is 4.47. The van der Waals surface area contributed by atoms with Crippen LogP contribution in [0.2, 0.25) is 0 Å². The van der Waals surface area contributed by atoms with Gasteiger partial charge in [-0.1, -0.05) is 27.2 Å². The zero-order valence-corrected chi connectivity index (χ0v) is 10.1. The van der Waals surface area contributed by atoms with Gasteiger partial charge in [-0.25, -0.2) is 0 Å². The Morgan fingerprint density at radius 2 is 2.20 bits per heavy atom. The van der Waals surface area contributed by atoms with Gasteiger partial charge in [-0.2, -0.15) is 5.10 Å². The molecule has 0 saturated heterocycles. The third-order valence-electron chi connectivity index (χ3n) is 3.66. The summed E-state index contributed by atoms with van der Waals surface area (Å²) in [5.41, 5.74) is 1.39. The third kappa shape index (κ3) is 2.24. The summed E-state index contributed by atoms with van der Waals surface area (Å²) in [5.74, 6) is 1.76. The largest absolute Gasteiger partial charge is 0.269 e. The summed E-state index contributed by atoms with van der Waals surface area (Å²) in [6, 6.07) is 0.683. The molecule has 1 aromatic rings. The molecule has 1 saturated carbocycles. The normalized spacial score (nSPS) is 25.6. The molecule has 1 aliphatic carbocycles. The molecule has 0 atom stereocenters. The minimum atomic E-state index is 0.683. The lowest BCUT2D eigenvalue weighted by Gasteiger charge is -2.38. The first-order chi connectivity index (χ1) is 7.20. The van der Waals surface area contributed by atoms with Crippen LogP contribution in [0.4, 0.5) is 0 Å². The maximum atomic E-state index is 4.47. The second kappa shape index (κ2) is 4.38. The standard InChI is InChI=1S/C13H22N2/c1-4-5-11-8-14-15(9-11)13-6-12(7-13)10(2)3/h8-10,12-13H,4-7H2,1-3H3/t12-,13-. The summed E-state index contributed by atoms with van der Waals surface area (Å²) < 4.78 is 2.18. The van der Waals surface area contributed by atoms with E-state index in [0.29, 0.717) is 6.04 Å². The molecule has 2 rings (SSSR count). The summed E-state index contributed by atoms with van der Waals surface area (Å²) in [7, 11) is 0. The van der Waals surface area contributed by atoms with Gasteiger partial charge < -0.3 is 0 Å². The molecule has 0 N–H and O–H groups in total. The number of rotatable bonds is 4. The molecule has 15 heavy (non-hydrogen) atoms. The van der Waals surface area contributed by atoms with E-state index in [4.69, 9.17) is 0 Å². The first kappa shape index (κ1) is 10.7. The van der Waals surface area contributed by atoms with E-state index in [1.807, 2.05) is 6.20 Å². The van der Waals surface area contributed by atoms with Gasteiger partial charge in [0.25, 0.3) is 0 Å². The fraction of sp³-hybridized carbons (Fsp3) is 0.769. The molecular formula is C13H22N2. The first-order valence-electron chi connectivity index (χ1n) is 6.23. The van der Waals surface area contributed by atoms with E-state index >= 15 is 0 Å². The van der Waals surface area contributed by atoms with Gasteiger partial charge in [-0.3, -0.25) is 4.68 Å². The van der Waals surface area contributed by atoms with E-state index in [0.717, 1.165) is 11.8 Å². The third-order valence-corrected chi connectivity index (χ3v) is 3.66. The predicted octanol–water partition coefficient (Wildman–Crippen LogP) is 3.44. The zero-order valence-electron chi connectivity index (χ0n) is 10.1. The molecule has 1 aromatic heterocycles. The van der Waals surface area contributed by atoms with Crippen LogP contribution < -0.4 is 0 Å². The van der Waals surface area contributed by atoms with Crippen LogP contribution in [0.3, 0.4) is 0 Å². The SMILES string of the molecule is CCCc1cnn([C@H]2C[C@H](C(C)C)C2)c1. The molecule has 0 unspecified atom stereocenters. The fourth-order valence-corrected chi connectivity index (χ4v) is 2.39. The number of nitrogens with zero attached hydrogens (tertiary/aromatic N) is 2. The lowest BCUT2D eigenvalue weighted by molar-refractivity contribution is 0.137. The summed E-state index contributed by atoms with van der Waals surface area (Å²) >= 11 is 0. The Bertz CT molecular complexity index is 308. The van der Waals surface area contributed by atoms with Crippen LogP contribution in [0, 0.1) is 11.8 Å². The maximum Gasteiger partial charge on any atom is 0.0524 e. The van der Waals surface area contributed by atoms with Crippen LogP contribution >= 0.6 is 0 Å². The number of hydrogen-bond donors (Lipinski definition) is 0. The van der Waals surface area contributed by atoms with Crippen molar-refractivity contribution in [3.05, 3.63) is 18.0 Å². The Balaban J connectivity index is 1.89. The van der Waals surface area contributed by atoms with Crippen molar-refractivity contribution in [2.75, 3.05) is 0 Å². The summed E-state index contributed by atoms with van der Waals surface area (Å²) in [4.78, 5) is 0. The van der Waals surface area contributed by atoms with Gasteiger partial charge in [-0.05, 0) is 36.7 Å². The van der Waals surface area contributed by atoms with Gasteiger partial charge in [0, 0.05) is 6.20 Å². The van der Waals surface area contributed by atoms with Crippen molar-refractivity contribution >= 4 is 0 Å². The van der Waals surface area contributed by atoms with Crippen LogP contribution in [0.5, 0.6) is 0 Å². The highest BCUT2D eigenvalue weighted by atomic mass is 15.3. The monoisotopic (exact) mass is 206 g/mol. The van der Waals surface area contributed by atoms with E-state index < -0.39 is 0 Å². The Morgan fingerprint density at radius 1 is 1.47 bits per heavy atom. The van der Waals surface area contributed by atoms with Gasteiger partial charge in [0.2, 0.25) is 0 Å². The average molecular weight is 206 g/mol. The van der Waals surface area contributed by atoms with Crippen molar-refractivity contribution in [3.8, 4) is 0 Å². The van der Waals surface area contributed by atoms with E-state index in [-0.39, 0.29) is 0 Å². The lowest BCUT2D eigenvalue weighted by atomic mass is 9.74. The molecular weight excluding hydrogens is 184 g/mol. The molecule has 0 radical (unpaired) electrons. The Kier molecular flexibility index (Phi) is 3.13. The highest BCUT2D eigenvalue weighted by Crippen LogP contribution is 2.41. The lowest BCUT2D eigenvalue weighted by Crippen LogP contribution is -2.30. The molecule has 0 amide bonds. The van der Waals surface area contributed by atoms with Crippen molar-refractivity contribution in [3.63, 3.8) is 0 Å². The molecule has 84 valence electrons. The molecule has 1 heterocycles. The zero-order chi connectivity index (χ0) is 10.8. The van der Waals surface area contributed by atoms with Gasteiger partial charge in [0.15, 0.2) is 0 Å². The van der Waals surface area contributed by atoms with Crippen LogP contribution in [-0.2, 0) is 6.42 Å². The average Bonchev–Trinajstić information content (AvgIpc) is 2.50. The maximum absolute atomic E-state index is 4.47. The van der Waals surface area contributed by atoms with Crippen LogP contribution in [0.15, 0.2) is 12.4 Å². The molecule has 2 heteroatoms. The van der Waals surface area contributed by atoms with E-state index in [2.05, 4.69) is 36.7 Å². The molecule has 1 aliphatic rings. The molecule has 0 spiro atoms. The van der Waals surface area contributed by atoms with Crippen LogP contribution in [-0.4, -0.2) is 9.78 Å². The molecule has 1 fully saturated rings. The highest BCUT2D eigenvalue weighted by Gasteiger charge is 2.32.